The number of hydrogen-bond donors (Lipinski definition) is 1. The summed E-state index contributed by atoms with van der Waals surface area (Å²) >= 11 is 10.4. The number of ether oxygens (including phenoxy) is 1. The number of rotatable bonds is 4. The number of fused-ring (bicyclic) bond motifs is 1. The molecule has 0 aliphatic rings. The number of nitrogens with zero attached hydrogens (tertiary/aromatic N) is 1. The van der Waals surface area contributed by atoms with Crippen molar-refractivity contribution < 1.29 is 9.53 Å². The molecule has 0 N–H and O–H groups in total. The van der Waals surface area contributed by atoms with Crippen molar-refractivity contribution in [2.75, 3.05) is 6.54 Å². The highest BCUT2D eigenvalue weighted by atomic mass is 35.5. The van der Waals surface area contributed by atoms with Crippen LogP contribution >= 0.6 is 24.2 Å². The van der Waals surface area contributed by atoms with Crippen LogP contribution in [-0.2, 0) is 0 Å². The quantitative estimate of drug-likeness (QED) is 0.508. The minimum absolute atomic E-state index is 0.266. The zero-order chi connectivity index (χ0) is 15.4. The fraction of sp³-hybridized carbons (Fsp3) is 0.312. The Labute approximate surface area is 135 Å². The third kappa shape index (κ3) is 3.83. The van der Waals surface area contributed by atoms with E-state index in [2.05, 4.69) is 12.6 Å². The highest BCUT2D eigenvalue weighted by Crippen LogP contribution is 2.22. The molecule has 0 aromatic heterocycles. The second-order valence-corrected chi connectivity index (χ2v) is 5.97. The lowest BCUT2D eigenvalue weighted by molar-refractivity contribution is 0.150. The maximum Gasteiger partial charge on any atom is 0.416 e. The maximum atomic E-state index is 12.2. The van der Waals surface area contributed by atoms with Gasteiger partial charge in [0.1, 0.15) is 5.75 Å². The van der Waals surface area contributed by atoms with Gasteiger partial charge in [-0.2, -0.15) is 12.6 Å². The monoisotopic (exact) mass is 323 g/mol. The summed E-state index contributed by atoms with van der Waals surface area (Å²) in [6.07, 6.45) is -0.444. The van der Waals surface area contributed by atoms with Crippen molar-refractivity contribution in [3.05, 3.63) is 42.5 Å². The summed E-state index contributed by atoms with van der Waals surface area (Å²) in [5, 5.41) is 1.48. The molecule has 1 amide bonds. The molecule has 2 rings (SSSR count). The van der Waals surface area contributed by atoms with Crippen LogP contribution in [0.5, 0.6) is 5.75 Å². The number of carbonyl (C=O) groups is 1. The average Bonchev–Trinajstić information content (AvgIpc) is 2.47. The van der Waals surface area contributed by atoms with Crippen LogP contribution in [0, 0.1) is 0 Å². The minimum atomic E-state index is -0.444. The van der Waals surface area contributed by atoms with Crippen molar-refractivity contribution in [1.82, 2.24) is 4.90 Å². The summed E-state index contributed by atoms with van der Waals surface area (Å²) < 4.78 is 5.43. The molecule has 0 spiro atoms. The lowest BCUT2D eigenvalue weighted by atomic mass is 10.1. The van der Waals surface area contributed by atoms with Crippen LogP contribution in [0.15, 0.2) is 42.5 Å². The zero-order valence-corrected chi connectivity index (χ0v) is 13.6. The standard InChI is InChI=1S/C16H18ClNO2S/c1-3-18(15(21)11(2)17)16(19)20-14-9-8-12-6-4-5-7-13(12)10-14/h4-11,15,21H,3H2,1-2H3. The van der Waals surface area contributed by atoms with Crippen molar-refractivity contribution in [2.45, 2.75) is 24.6 Å². The van der Waals surface area contributed by atoms with E-state index in [1.807, 2.05) is 43.3 Å². The van der Waals surface area contributed by atoms with Gasteiger partial charge in [0.2, 0.25) is 0 Å². The summed E-state index contributed by atoms with van der Waals surface area (Å²) in [7, 11) is 0. The van der Waals surface area contributed by atoms with Crippen LogP contribution in [0.3, 0.4) is 0 Å². The second-order valence-electron chi connectivity index (χ2n) is 4.75. The number of thiol groups is 1. The van der Waals surface area contributed by atoms with E-state index in [1.54, 1.807) is 13.0 Å². The summed E-state index contributed by atoms with van der Waals surface area (Å²) in [6.45, 7) is 4.15. The van der Waals surface area contributed by atoms with Gasteiger partial charge >= 0.3 is 6.09 Å². The number of carbonyl (C=O) groups excluding carboxylic acids is 1. The lowest BCUT2D eigenvalue weighted by Crippen LogP contribution is -2.42. The molecule has 2 aromatic rings. The van der Waals surface area contributed by atoms with Crippen molar-refractivity contribution in [2.24, 2.45) is 0 Å². The van der Waals surface area contributed by atoms with E-state index < -0.39 is 6.09 Å². The first-order chi connectivity index (χ1) is 10.0. The van der Waals surface area contributed by atoms with Gasteiger partial charge in [-0.05, 0) is 36.8 Å². The van der Waals surface area contributed by atoms with Crippen LogP contribution in [0.1, 0.15) is 13.8 Å². The number of amides is 1. The topological polar surface area (TPSA) is 29.5 Å². The van der Waals surface area contributed by atoms with Crippen LogP contribution in [0.25, 0.3) is 10.8 Å². The van der Waals surface area contributed by atoms with E-state index in [1.165, 1.54) is 4.90 Å². The van der Waals surface area contributed by atoms with E-state index in [0.717, 1.165) is 10.8 Å². The second kappa shape index (κ2) is 7.05. The summed E-state index contributed by atoms with van der Waals surface area (Å²) in [5.41, 5.74) is 0. The molecule has 0 radical (unpaired) electrons. The number of halogens is 1. The molecule has 0 fully saturated rings. The lowest BCUT2D eigenvalue weighted by Gasteiger charge is -2.27. The van der Waals surface area contributed by atoms with Gasteiger partial charge < -0.3 is 4.74 Å². The Balaban J connectivity index is 2.16. The van der Waals surface area contributed by atoms with Gasteiger partial charge in [-0.15, -0.1) is 11.6 Å². The van der Waals surface area contributed by atoms with Crippen molar-refractivity contribution in [3.8, 4) is 5.75 Å². The normalized spacial score (nSPS) is 13.7. The maximum absolute atomic E-state index is 12.2. The predicted octanol–water partition coefficient (Wildman–Crippen LogP) is 4.54. The van der Waals surface area contributed by atoms with Gasteiger partial charge in [0.15, 0.2) is 0 Å². The molecular formula is C16H18ClNO2S. The average molecular weight is 324 g/mol. The first kappa shape index (κ1) is 16.0. The Morgan fingerprint density at radius 3 is 2.57 bits per heavy atom. The van der Waals surface area contributed by atoms with Gasteiger partial charge in [0.05, 0.1) is 10.8 Å². The molecule has 0 saturated heterocycles. The molecular weight excluding hydrogens is 306 g/mol. The van der Waals surface area contributed by atoms with E-state index in [4.69, 9.17) is 16.3 Å². The SMILES string of the molecule is CCN(C(=O)Oc1ccc2ccccc2c1)C(S)C(C)Cl. The third-order valence-electron chi connectivity index (χ3n) is 3.23. The molecule has 0 saturated carbocycles. The molecule has 0 aliphatic carbocycles. The first-order valence-corrected chi connectivity index (χ1v) is 7.77. The molecule has 2 aromatic carbocycles. The van der Waals surface area contributed by atoms with Gasteiger partial charge in [-0.3, -0.25) is 4.90 Å². The Morgan fingerprint density at radius 1 is 1.29 bits per heavy atom. The summed E-state index contributed by atoms with van der Waals surface area (Å²) in [6, 6.07) is 13.5. The van der Waals surface area contributed by atoms with Crippen LogP contribution in [0.4, 0.5) is 4.79 Å². The van der Waals surface area contributed by atoms with E-state index >= 15 is 0 Å². The van der Waals surface area contributed by atoms with Gasteiger partial charge in [-0.1, -0.05) is 30.3 Å². The molecule has 21 heavy (non-hydrogen) atoms. The highest BCUT2D eigenvalue weighted by molar-refractivity contribution is 7.81. The van der Waals surface area contributed by atoms with Crippen LogP contribution < -0.4 is 4.74 Å². The van der Waals surface area contributed by atoms with Crippen molar-refractivity contribution in [1.29, 1.82) is 0 Å². The fourth-order valence-electron chi connectivity index (χ4n) is 2.06. The molecule has 5 heteroatoms. The Hall–Kier alpha value is -1.39. The largest absolute Gasteiger partial charge is 0.416 e. The van der Waals surface area contributed by atoms with Crippen molar-refractivity contribution >= 4 is 41.1 Å². The number of benzene rings is 2. The summed E-state index contributed by atoms with van der Waals surface area (Å²) in [5.74, 6) is 0.514. The smallest absolute Gasteiger partial charge is 0.410 e. The number of hydrogen-bond acceptors (Lipinski definition) is 3. The highest BCUT2D eigenvalue weighted by Gasteiger charge is 2.24. The zero-order valence-electron chi connectivity index (χ0n) is 12.0. The predicted molar refractivity (Wildman–Crippen MR) is 90.4 cm³/mol. The van der Waals surface area contributed by atoms with E-state index in [0.29, 0.717) is 12.3 Å². The minimum Gasteiger partial charge on any atom is -0.410 e. The van der Waals surface area contributed by atoms with Crippen molar-refractivity contribution in [3.63, 3.8) is 0 Å². The third-order valence-corrected chi connectivity index (χ3v) is 4.37. The molecule has 3 nitrogen and oxygen atoms in total. The molecule has 0 bridgehead atoms. The fourth-order valence-corrected chi connectivity index (χ4v) is 2.46. The Bertz CT molecular complexity index is 632. The van der Waals surface area contributed by atoms with Crippen LogP contribution in [0.2, 0.25) is 0 Å². The molecule has 2 atom stereocenters. The van der Waals surface area contributed by atoms with Gasteiger partial charge in [-0.25, -0.2) is 4.79 Å². The van der Waals surface area contributed by atoms with Gasteiger partial charge in [0, 0.05) is 6.54 Å². The van der Waals surface area contributed by atoms with Gasteiger partial charge in [0.25, 0.3) is 0 Å². The Kier molecular flexibility index (Phi) is 5.37. The van der Waals surface area contributed by atoms with Crippen LogP contribution in [-0.4, -0.2) is 28.3 Å². The molecule has 0 aliphatic heterocycles. The van der Waals surface area contributed by atoms with E-state index in [9.17, 15) is 4.79 Å². The molecule has 0 heterocycles. The Morgan fingerprint density at radius 2 is 1.95 bits per heavy atom. The van der Waals surface area contributed by atoms with E-state index in [-0.39, 0.29) is 10.8 Å². The number of alkyl halides is 1. The first-order valence-electron chi connectivity index (χ1n) is 6.82. The summed E-state index contributed by atoms with van der Waals surface area (Å²) in [4.78, 5) is 13.7. The molecule has 112 valence electrons. The molecule has 2 unspecified atom stereocenters.